The van der Waals surface area contributed by atoms with Gasteiger partial charge in [0.25, 0.3) is 0 Å². The summed E-state index contributed by atoms with van der Waals surface area (Å²) in [6, 6.07) is 6.68. The van der Waals surface area contributed by atoms with Gasteiger partial charge in [-0.3, -0.25) is 14.8 Å². The molecule has 1 amide bonds. The third kappa shape index (κ3) is 3.70. The van der Waals surface area contributed by atoms with Crippen molar-refractivity contribution in [1.29, 1.82) is 0 Å². The molecule has 0 bridgehead atoms. The van der Waals surface area contributed by atoms with Crippen molar-refractivity contribution >= 4 is 11.9 Å². The summed E-state index contributed by atoms with van der Waals surface area (Å²) in [6.45, 7) is 0. The van der Waals surface area contributed by atoms with Gasteiger partial charge in [0, 0.05) is 7.05 Å². The summed E-state index contributed by atoms with van der Waals surface area (Å²) in [5.74, 6) is -1.30. The molecule has 5 heteroatoms. The van der Waals surface area contributed by atoms with Gasteiger partial charge in [-0.15, -0.1) is 0 Å². The molecule has 2 N–H and O–H groups in total. The van der Waals surface area contributed by atoms with Crippen molar-refractivity contribution in [2.24, 2.45) is 0 Å². The standard InChI is InChI=1S/C11H13NO4/c1-12(16)10(13)6-8-2-4-9(5-3-8)7-11(14)15/h2-5,16H,6-7H2,1H3,(H,14,15). The fraction of sp³-hybridized carbons (Fsp3) is 0.273. The van der Waals surface area contributed by atoms with Crippen LogP contribution in [0.3, 0.4) is 0 Å². The molecule has 0 radical (unpaired) electrons. The van der Waals surface area contributed by atoms with Gasteiger partial charge in [-0.1, -0.05) is 24.3 Å². The molecule has 0 unspecified atom stereocenters. The molecule has 0 aliphatic heterocycles. The van der Waals surface area contributed by atoms with Gasteiger partial charge >= 0.3 is 5.97 Å². The zero-order chi connectivity index (χ0) is 12.1. The van der Waals surface area contributed by atoms with Crippen molar-refractivity contribution in [3.05, 3.63) is 35.4 Å². The van der Waals surface area contributed by atoms with E-state index in [9.17, 15) is 9.59 Å². The number of carboxylic acids is 1. The minimum Gasteiger partial charge on any atom is -0.481 e. The summed E-state index contributed by atoms with van der Waals surface area (Å²) >= 11 is 0. The van der Waals surface area contributed by atoms with Crippen LogP contribution < -0.4 is 0 Å². The fourth-order valence-corrected chi connectivity index (χ4v) is 1.24. The summed E-state index contributed by atoms with van der Waals surface area (Å²) < 4.78 is 0. The lowest BCUT2D eigenvalue weighted by Crippen LogP contribution is -2.24. The Morgan fingerprint density at radius 3 is 1.94 bits per heavy atom. The van der Waals surface area contributed by atoms with Crippen molar-refractivity contribution in [3.63, 3.8) is 0 Å². The maximum Gasteiger partial charge on any atom is 0.307 e. The summed E-state index contributed by atoms with van der Waals surface area (Å²) in [7, 11) is 1.27. The second-order valence-electron chi connectivity index (χ2n) is 3.48. The van der Waals surface area contributed by atoms with E-state index < -0.39 is 11.9 Å². The number of carbonyl (C=O) groups is 2. The van der Waals surface area contributed by atoms with Gasteiger partial charge in [-0.05, 0) is 11.1 Å². The Morgan fingerprint density at radius 1 is 1.12 bits per heavy atom. The topological polar surface area (TPSA) is 77.8 Å². The maximum atomic E-state index is 11.2. The molecule has 1 rings (SSSR count). The number of hydrogen-bond acceptors (Lipinski definition) is 3. The Kier molecular flexibility index (Phi) is 4.02. The Morgan fingerprint density at radius 2 is 1.56 bits per heavy atom. The van der Waals surface area contributed by atoms with Gasteiger partial charge in [-0.25, -0.2) is 5.06 Å². The first-order valence-corrected chi connectivity index (χ1v) is 4.74. The zero-order valence-electron chi connectivity index (χ0n) is 8.88. The molecule has 0 atom stereocenters. The molecule has 0 spiro atoms. The van der Waals surface area contributed by atoms with Crippen LogP contribution in [0.1, 0.15) is 11.1 Å². The van der Waals surface area contributed by atoms with E-state index in [1.807, 2.05) is 0 Å². The highest BCUT2D eigenvalue weighted by Crippen LogP contribution is 2.06. The smallest absolute Gasteiger partial charge is 0.307 e. The van der Waals surface area contributed by atoms with Gasteiger partial charge in [0.05, 0.1) is 12.8 Å². The number of hydroxylamine groups is 2. The molecule has 0 fully saturated rings. The van der Waals surface area contributed by atoms with E-state index in [1.54, 1.807) is 24.3 Å². The summed E-state index contributed by atoms with van der Waals surface area (Å²) in [5, 5.41) is 18.0. The molecular weight excluding hydrogens is 210 g/mol. The Bertz CT molecular complexity index is 383. The number of nitrogens with zero attached hydrogens (tertiary/aromatic N) is 1. The van der Waals surface area contributed by atoms with Crippen LogP contribution >= 0.6 is 0 Å². The van der Waals surface area contributed by atoms with Crippen LogP contribution in [-0.4, -0.2) is 34.3 Å². The van der Waals surface area contributed by atoms with Crippen LogP contribution in [0.5, 0.6) is 0 Å². The number of aliphatic carboxylic acids is 1. The molecule has 0 saturated heterocycles. The first-order valence-electron chi connectivity index (χ1n) is 4.74. The SMILES string of the molecule is CN(O)C(=O)Cc1ccc(CC(=O)O)cc1. The number of carboxylic acid groups (broad SMARTS) is 1. The largest absolute Gasteiger partial charge is 0.481 e. The minimum atomic E-state index is -0.890. The highest BCUT2D eigenvalue weighted by atomic mass is 16.5. The lowest BCUT2D eigenvalue weighted by Gasteiger charge is -2.08. The minimum absolute atomic E-state index is 0.0336. The highest BCUT2D eigenvalue weighted by Gasteiger charge is 2.07. The molecule has 0 aromatic heterocycles. The Labute approximate surface area is 92.9 Å². The molecule has 1 aromatic rings. The quantitative estimate of drug-likeness (QED) is 0.582. The molecule has 86 valence electrons. The number of benzene rings is 1. The van der Waals surface area contributed by atoms with E-state index in [2.05, 4.69) is 0 Å². The third-order valence-electron chi connectivity index (χ3n) is 2.09. The van der Waals surface area contributed by atoms with E-state index >= 15 is 0 Å². The highest BCUT2D eigenvalue weighted by molar-refractivity contribution is 5.77. The summed E-state index contributed by atoms with van der Waals surface area (Å²) in [4.78, 5) is 21.6. The summed E-state index contributed by atoms with van der Waals surface area (Å²) in [5.41, 5.74) is 1.42. The van der Waals surface area contributed by atoms with Gasteiger partial charge in [0.2, 0.25) is 5.91 Å². The maximum absolute atomic E-state index is 11.2. The Balaban J connectivity index is 2.64. The first-order chi connectivity index (χ1) is 7.49. The third-order valence-corrected chi connectivity index (χ3v) is 2.09. The van der Waals surface area contributed by atoms with E-state index in [4.69, 9.17) is 10.3 Å². The van der Waals surface area contributed by atoms with E-state index in [0.29, 0.717) is 10.6 Å². The molecule has 5 nitrogen and oxygen atoms in total. The number of hydrogen-bond donors (Lipinski definition) is 2. The monoisotopic (exact) mass is 223 g/mol. The molecular formula is C11H13NO4. The van der Waals surface area contributed by atoms with Crippen LogP contribution in [0.15, 0.2) is 24.3 Å². The van der Waals surface area contributed by atoms with Gasteiger partial charge in [0.15, 0.2) is 0 Å². The van der Waals surface area contributed by atoms with Crippen molar-refractivity contribution in [2.45, 2.75) is 12.8 Å². The second kappa shape index (κ2) is 5.27. The molecule has 0 aliphatic carbocycles. The first kappa shape index (κ1) is 12.2. The molecule has 1 aromatic carbocycles. The zero-order valence-corrected chi connectivity index (χ0v) is 8.88. The Hall–Kier alpha value is -1.88. The number of amides is 1. The number of likely N-dealkylation sites (N-methyl/N-ethyl adjacent to an activating group) is 1. The molecule has 0 heterocycles. The van der Waals surface area contributed by atoms with E-state index in [0.717, 1.165) is 5.56 Å². The molecule has 16 heavy (non-hydrogen) atoms. The average Bonchev–Trinajstić information content (AvgIpc) is 2.20. The number of carbonyl (C=O) groups excluding carboxylic acids is 1. The van der Waals surface area contributed by atoms with Gasteiger partial charge in [0.1, 0.15) is 0 Å². The van der Waals surface area contributed by atoms with E-state index in [-0.39, 0.29) is 12.8 Å². The van der Waals surface area contributed by atoms with Crippen molar-refractivity contribution in [3.8, 4) is 0 Å². The lowest BCUT2D eigenvalue weighted by atomic mass is 10.1. The predicted octanol–water partition coefficient (Wildman–Crippen LogP) is 0.704. The second-order valence-corrected chi connectivity index (χ2v) is 3.48. The van der Waals surface area contributed by atoms with Crippen LogP contribution in [-0.2, 0) is 22.4 Å². The van der Waals surface area contributed by atoms with Crippen LogP contribution in [0.25, 0.3) is 0 Å². The molecule has 0 aliphatic rings. The predicted molar refractivity (Wildman–Crippen MR) is 56.0 cm³/mol. The number of rotatable bonds is 4. The van der Waals surface area contributed by atoms with Gasteiger partial charge < -0.3 is 5.11 Å². The van der Waals surface area contributed by atoms with Crippen LogP contribution in [0, 0.1) is 0 Å². The fourth-order valence-electron chi connectivity index (χ4n) is 1.24. The lowest BCUT2D eigenvalue weighted by molar-refractivity contribution is -0.158. The van der Waals surface area contributed by atoms with Crippen LogP contribution in [0.2, 0.25) is 0 Å². The van der Waals surface area contributed by atoms with Crippen molar-refractivity contribution in [1.82, 2.24) is 5.06 Å². The summed E-state index contributed by atoms with van der Waals surface area (Å²) in [6.07, 6.45) is 0.0640. The molecule has 0 saturated carbocycles. The normalized spacial score (nSPS) is 9.88. The van der Waals surface area contributed by atoms with Crippen molar-refractivity contribution < 1.29 is 19.9 Å². The van der Waals surface area contributed by atoms with Crippen LogP contribution in [0.4, 0.5) is 0 Å². The van der Waals surface area contributed by atoms with E-state index in [1.165, 1.54) is 7.05 Å². The van der Waals surface area contributed by atoms with Gasteiger partial charge in [-0.2, -0.15) is 0 Å². The average molecular weight is 223 g/mol. The van der Waals surface area contributed by atoms with Crippen molar-refractivity contribution in [2.75, 3.05) is 7.05 Å².